The van der Waals surface area contributed by atoms with Gasteiger partial charge in [-0.05, 0) is 77.4 Å². The van der Waals surface area contributed by atoms with Crippen molar-refractivity contribution >= 4 is 10.8 Å². The average molecular weight is 384 g/mol. The summed E-state index contributed by atoms with van der Waals surface area (Å²) in [6.07, 6.45) is 0. The van der Waals surface area contributed by atoms with E-state index < -0.39 is 11.6 Å². The second-order valence-electron chi connectivity index (χ2n) is 6.61. The summed E-state index contributed by atoms with van der Waals surface area (Å²) in [5.41, 5.74) is 3.84. The third-order valence-electron chi connectivity index (χ3n) is 4.61. The van der Waals surface area contributed by atoms with E-state index in [1.54, 1.807) is 18.2 Å². The van der Waals surface area contributed by atoms with Crippen molar-refractivity contribution in [3.8, 4) is 28.7 Å². The molecule has 0 fully saturated rings. The molecule has 0 spiro atoms. The van der Waals surface area contributed by atoms with Gasteiger partial charge in [0.1, 0.15) is 5.75 Å². The summed E-state index contributed by atoms with van der Waals surface area (Å²) in [5, 5.41) is 1.27. The van der Waals surface area contributed by atoms with Crippen molar-refractivity contribution in [3.63, 3.8) is 0 Å². The van der Waals surface area contributed by atoms with E-state index in [4.69, 9.17) is 4.74 Å². The Kier molecular flexibility index (Phi) is 5.27. The molecule has 1 nitrogen and oxygen atoms in total. The van der Waals surface area contributed by atoms with Crippen LogP contribution in [0.5, 0.6) is 5.75 Å². The Hall–Kier alpha value is -3.64. The minimum Gasteiger partial charge on any atom is -0.494 e. The smallest absolute Gasteiger partial charge is 0.159 e. The Morgan fingerprint density at radius 2 is 1.21 bits per heavy atom. The van der Waals surface area contributed by atoms with Gasteiger partial charge < -0.3 is 4.74 Å². The predicted octanol–water partition coefficient (Wildman–Crippen LogP) is 6.58. The molecule has 0 amide bonds. The van der Waals surface area contributed by atoms with E-state index in [-0.39, 0.29) is 0 Å². The molecule has 0 aliphatic heterocycles. The molecule has 0 aromatic heterocycles. The standard InChI is InChI=1S/C26H18F2O/c1-2-29-24-13-11-21(12-14-24)20-8-5-18(6-9-20)3-4-19-7-10-22-16-25(27)26(28)17-23(22)15-19/h5-17H,2H2,1H3. The summed E-state index contributed by atoms with van der Waals surface area (Å²) in [7, 11) is 0. The number of hydrogen-bond acceptors (Lipinski definition) is 1. The van der Waals surface area contributed by atoms with Crippen molar-refractivity contribution in [1.29, 1.82) is 0 Å². The minimum atomic E-state index is -0.854. The first-order valence-corrected chi connectivity index (χ1v) is 9.36. The van der Waals surface area contributed by atoms with Crippen molar-refractivity contribution in [2.75, 3.05) is 6.61 Å². The molecule has 0 aliphatic rings. The van der Waals surface area contributed by atoms with Crippen LogP contribution in [0.25, 0.3) is 21.9 Å². The second kappa shape index (κ2) is 8.16. The Balaban J connectivity index is 1.54. The van der Waals surface area contributed by atoms with Gasteiger partial charge in [0.05, 0.1) is 6.61 Å². The molecule has 0 saturated heterocycles. The van der Waals surface area contributed by atoms with Crippen LogP contribution >= 0.6 is 0 Å². The van der Waals surface area contributed by atoms with Gasteiger partial charge in [0.15, 0.2) is 11.6 Å². The zero-order valence-corrected chi connectivity index (χ0v) is 15.9. The van der Waals surface area contributed by atoms with Crippen LogP contribution in [0.2, 0.25) is 0 Å². The summed E-state index contributed by atoms with van der Waals surface area (Å²) in [4.78, 5) is 0. The van der Waals surface area contributed by atoms with Crippen LogP contribution in [0, 0.1) is 23.5 Å². The summed E-state index contributed by atoms with van der Waals surface area (Å²) < 4.78 is 32.2. The van der Waals surface area contributed by atoms with E-state index in [0.29, 0.717) is 17.4 Å². The molecule has 0 atom stereocenters. The second-order valence-corrected chi connectivity index (χ2v) is 6.61. The molecule has 4 aromatic rings. The molecule has 0 N–H and O–H groups in total. The van der Waals surface area contributed by atoms with Crippen LogP contribution in [0.1, 0.15) is 18.1 Å². The molecule has 142 valence electrons. The molecule has 0 aliphatic carbocycles. The lowest BCUT2D eigenvalue weighted by Crippen LogP contribution is -1.90. The van der Waals surface area contributed by atoms with Crippen LogP contribution < -0.4 is 4.74 Å². The van der Waals surface area contributed by atoms with E-state index in [1.807, 2.05) is 55.5 Å². The van der Waals surface area contributed by atoms with Gasteiger partial charge >= 0.3 is 0 Å². The fraction of sp³-hybridized carbons (Fsp3) is 0.0769. The van der Waals surface area contributed by atoms with Crippen LogP contribution in [-0.4, -0.2) is 6.61 Å². The molecule has 0 bridgehead atoms. The molecule has 4 rings (SSSR count). The van der Waals surface area contributed by atoms with Crippen molar-refractivity contribution in [1.82, 2.24) is 0 Å². The number of halogens is 2. The molecule has 0 saturated carbocycles. The van der Waals surface area contributed by atoms with E-state index >= 15 is 0 Å². The first-order chi connectivity index (χ1) is 14.1. The van der Waals surface area contributed by atoms with Crippen LogP contribution in [-0.2, 0) is 0 Å². The van der Waals surface area contributed by atoms with E-state index in [1.165, 1.54) is 12.1 Å². The molecule has 0 heterocycles. The third kappa shape index (κ3) is 4.28. The van der Waals surface area contributed by atoms with Crippen LogP contribution in [0.15, 0.2) is 78.9 Å². The largest absolute Gasteiger partial charge is 0.494 e. The topological polar surface area (TPSA) is 9.23 Å². The zero-order chi connectivity index (χ0) is 20.2. The maximum absolute atomic E-state index is 13.5. The van der Waals surface area contributed by atoms with Gasteiger partial charge in [0.25, 0.3) is 0 Å². The molecule has 0 radical (unpaired) electrons. The Labute approximate surface area is 168 Å². The van der Waals surface area contributed by atoms with Crippen molar-refractivity contribution in [3.05, 3.63) is 102 Å². The SMILES string of the molecule is CCOc1ccc(-c2ccc(C#Cc3ccc4cc(F)c(F)cc4c3)cc2)cc1. The lowest BCUT2D eigenvalue weighted by Gasteiger charge is -2.05. The zero-order valence-electron chi connectivity index (χ0n) is 15.9. The number of ether oxygens (including phenoxy) is 1. The monoisotopic (exact) mass is 384 g/mol. The quantitative estimate of drug-likeness (QED) is 0.362. The maximum Gasteiger partial charge on any atom is 0.159 e. The molecule has 3 heteroatoms. The van der Waals surface area contributed by atoms with E-state index in [0.717, 1.165) is 28.0 Å². The highest BCUT2D eigenvalue weighted by Crippen LogP contribution is 2.23. The first-order valence-electron chi connectivity index (χ1n) is 9.36. The van der Waals surface area contributed by atoms with Crippen LogP contribution in [0.4, 0.5) is 8.78 Å². The third-order valence-corrected chi connectivity index (χ3v) is 4.61. The molecular formula is C26H18F2O. The van der Waals surface area contributed by atoms with E-state index in [2.05, 4.69) is 11.8 Å². The molecular weight excluding hydrogens is 366 g/mol. The van der Waals surface area contributed by atoms with Gasteiger partial charge in [-0.25, -0.2) is 8.78 Å². The Morgan fingerprint density at radius 1 is 0.655 bits per heavy atom. The molecule has 4 aromatic carbocycles. The fourth-order valence-corrected chi connectivity index (χ4v) is 3.12. The van der Waals surface area contributed by atoms with Gasteiger partial charge in [-0.3, -0.25) is 0 Å². The van der Waals surface area contributed by atoms with Gasteiger partial charge in [-0.2, -0.15) is 0 Å². The van der Waals surface area contributed by atoms with Gasteiger partial charge in [-0.1, -0.05) is 42.2 Å². The number of rotatable bonds is 3. The molecule has 0 unspecified atom stereocenters. The maximum atomic E-state index is 13.5. The first kappa shape index (κ1) is 18.7. The molecule has 29 heavy (non-hydrogen) atoms. The minimum absolute atomic E-state index is 0.626. The normalized spacial score (nSPS) is 10.4. The van der Waals surface area contributed by atoms with Crippen molar-refractivity contribution in [2.45, 2.75) is 6.92 Å². The lowest BCUT2D eigenvalue weighted by molar-refractivity contribution is 0.340. The van der Waals surface area contributed by atoms with Crippen LogP contribution in [0.3, 0.4) is 0 Å². The average Bonchev–Trinajstić information content (AvgIpc) is 2.74. The fourth-order valence-electron chi connectivity index (χ4n) is 3.12. The summed E-state index contributed by atoms with van der Waals surface area (Å²) in [6, 6.07) is 23.7. The number of hydrogen-bond donors (Lipinski definition) is 0. The van der Waals surface area contributed by atoms with Crippen molar-refractivity contribution in [2.24, 2.45) is 0 Å². The van der Waals surface area contributed by atoms with Crippen molar-refractivity contribution < 1.29 is 13.5 Å². The highest BCUT2D eigenvalue weighted by Gasteiger charge is 2.04. The van der Waals surface area contributed by atoms with Gasteiger partial charge in [-0.15, -0.1) is 0 Å². The van der Waals surface area contributed by atoms with Gasteiger partial charge in [0.2, 0.25) is 0 Å². The summed E-state index contributed by atoms with van der Waals surface area (Å²) >= 11 is 0. The lowest BCUT2D eigenvalue weighted by atomic mass is 10.0. The summed E-state index contributed by atoms with van der Waals surface area (Å²) in [5.74, 6) is 5.36. The summed E-state index contributed by atoms with van der Waals surface area (Å²) in [6.45, 7) is 2.61. The highest BCUT2D eigenvalue weighted by molar-refractivity contribution is 5.84. The number of benzene rings is 4. The Morgan fingerprint density at radius 3 is 1.86 bits per heavy atom. The Bertz CT molecular complexity index is 1210. The number of fused-ring (bicyclic) bond motifs is 1. The van der Waals surface area contributed by atoms with Gasteiger partial charge in [0, 0.05) is 11.1 Å². The van der Waals surface area contributed by atoms with E-state index in [9.17, 15) is 8.78 Å². The predicted molar refractivity (Wildman–Crippen MR) is 113 cm³/mol. The highest BCUT2D eigenvalue weighted by atomic mass is 19.2.